The van der Waals surface area contributed by atoms with Crippen LogP contribution in [-0.2, 0) is 4.79 Å². The number of benzene rings is 2. The Kier molecular flexibility index (Phi) is 5.69. The molecule has 0 aliphatic carbocycles. The SMILES string of the molecule is CC(C)c1ccccc1NC(=O)CNc1ccc(Cl)c(Cl)c1. The van der Waals surface area contributed by atoms with Crippen LogP contribution in [0.1, 0.15) is 25.3 Å². The minimum Gasteiger partial charge on any atom is -0.376 e. The van der Waals surface area contributed by atoms with E-state index >= 15 is 0 Å². The van der Waals surface area contributed by atoms with Crippen LogP contribution in [-0.4, -0.2) is 12.5 Å². The average Bonchev–Trinajstić information content (AvgIpc) is 2.49. The van der Waals surface area contributed by atoms with E-state index in [1.807, 2.05) is 24.3 Å². The molecule has 0 heterocycles. The summed E-state index contributed by atoms with van der Waals surface area (Å²) in [5, 5.41) is 6.90. The number of halogens is 2. The summed E-state index contributed by atoms with van der Waals surface area (Å²) in [5.41, 5.74) is 2.71. The van der Waals surface area contributed by atoms with E-state index in [0.717, 1.165) is 16.9 Å². The van der Waals surface area contributed by atoms with Crippen molar-refractivity contribution in [2.45, 2.75) is 19.8 Å². The van der Waals surface area contributed by atoms with Crippen molar-refractivity contribution in [3.8, 4) is 0 Å². The van der Waals surface area contributed by atoms with Crippen molar-refractivity contribution in [2.24, 2.45) is 0 Å². The largest absolute Gasteiger partial charge is 0.376 e. The van der Waals surface area contributed by atoms with E-state index in [1.54, 1.807) is 18.2 Å². The number of carbonyl (C=O) groups is 1. The highest BCUT2D eigenvalue weighted by molar-refractivity contribution is 6.42. The Morgan fingerprint density at radius 1 is 1.09 bits per heavy atom. The second-order valence-corrected chi connectivity index (χ2v) is 6.09. The highest BCUT2D eigenvalue weighted by atomic mass is 35.5. The molecule has 0 saturated carbocycles. The van der Waals surface area contributed by atoms with E-state index in [9.17, 15) is 4.79 Å². The molecule has 2 aromatic rings. The lowest BCUT2D eigenvalue weighted by Gasteiger charge is -2.14. The van der Waals surface area contributed by atoms with E-state index < -0.39 is 0 Å². The molecule has 2 rings (SSSR count). The molecule has 0 spiro atoms. The predicted molar refractivity (Wildman–Crippen MR) is 94.1 cm³/mol. The van der Waals surface area contributed by atoms with E-state index in [0.29, 0.717) is 16.0 Å². The number of hydrogen-bond acceptors (Lipinski definition) is 2. The van der Waals surface area contributed by atoms with Crippen LogP contribution < -0.4 is 10.6 Å². The molecule has 22 heavy (non-hydrogen) atoms. The molecule has 0 aromatic heterocycles. The first kappa shape index (κ1) is 16.7. The summed E-state index contributed by atoms with van der Waals surface area (Å²) < 4.78 is 0. The fourth-order valence-corrected chi connectivity index (χ4v) is 2.40. The summed E-state index contributed by atoms with van der Waals surface area (Å²) >= 11 is 11.8. The van der Waals surface area contributed by atoms with E-state index in [-0.39, 0.29) is 12.5 Å². The van der Waals surface area contributed by atoms with Crippen LogP contribution >= 0.6 is 23.2 Å². The Bertz CT molecular complexity index is 671. The van der Waals surface area contributed by atoms with Gasteiger partial charge in [-0.2, -0.15) is 0 Å². The predicted octanol–water partition coefficient (Wildman–Crippen LogP) is 5.17. The van der Waals surface area contributed by atoms with Crippen molar-refractivity contribution in [1.29, 1.82) is 0 Å². The lowest BCUT2D eigenvalue weighted by Crippen LogP contribution is -2.22. The number of carbonyl (C=O) groups excluding carboxylic acids is 1. The van der Waals surface area contributed by atoms with Crippen molar-refractivity contribution < 1.29 is 4.79 Å². The average molecular weight is 337 g/mol. The van der Waals surface area contributed by atoms with Gasteiger partial charge in [-0.25, -0.2) is 0 Å². The molecule has 5 heteroatoms. The molecule has 0 unspecified atom stereocenters. The number of anilines is 2. The number of nitrogens with one attached hydrogen (secondary N) is 2. The molecule has 0 saturated heterocycles. The van der Waals surface area contributed by atoms with Gasteiger partial charge in [0, 0.05) is 11.4 Å². The molecule has 2 aromatic carbocycles. The van der Waals surface area contributed by atoms with Gasteiger partial charge in [0.2, 0.25) is 5.91 Å². The van der Waals surface area contributed by atoms with E-state index in [1.165, 1.54) is 0 Å². The van der Waals surface area contributed by atoms with Gasteiger partial charge < -0.3 is 10.6 Å². The Morgan fingerprint density at radius 3 is 2.50 bits per heavy atom. The summed E-state index contributed by atoms with van der Waals surface area (Å²) in [5.74, 6) is 0.235. The maximum atomic E-state index is 12.1. The van der Waals surface area contributed by atoms with Gasteiger partial charge in [0.1, 0.15) is 0 Å². The van der Waals surface area contributed by atoms with Gasteiger partial charge in [0.05, 0.1) is 16.6 Å². The topological polar surface area (TPSA) is 41.1 Å². The normalized spacial score (nSPS) is 10.6. The molecule has 1 amide bonds. The molecular weight excluding hydrogens is 319 g/mol. The Balaban J connectivity index is 1.97. The third-order valence-electron chi connectivity index (χ3n) is 3.23. The summed E-state index contributed by atoms with van der Waals surface area (Å²) in [7, 11) is 0. The Labute approximate surface area is 140 Å². The second-order valence-electron chi connectivity index (χ2n) is 5.27. The van der Waals surface area contributed by atoms with Crippen LogP contribution in [0.15, 0.2) is 42.5 Å². The van der Waals surface area contributed by atoms with Crippen LogP contribution in [0.3, 0.4) is 0 Å². The maximum absolute atomic E-state index is 12.1. The summed E-state index contributed by atoms with van der Waals surface area (Å²) in [6, 6.07) is 13.0. The third-order valence-corrected chi connectivity index (χ3v) is 3.97. The Morgan fingerprint density at radius 2 is 1.82 bits per heavy atom. The lowest BCUT2D eigenvalue weighted by atomic mass is 10.0. The molecule has 0 atom stereocenters. The van der Waals surface area contributed by atoms with Gasteiger partial charge in [-0.1, -0.05) is 55.2 Å². The van der Waals surface area contributed by atoms with Crippen LogP contribution in [0.5, 0.6) is 0 Å². The first-order chi connectivity index (χ1) is 10.5. The summed E-state index contributed by atoms with van der Waals surface area (Å²) in [6.07, 6.45) is 0. The van der Waals surface area contributed by atoms with Crippen molar-refractivity contribution in [3.63, 3.8) is 0 Å². The fourth-order valence-electron chi connectivity index (χ4n) is 2.10. The molecule has 2 N–H and O–H groups in total. The molecule has 0 radical (unpaired) electrons. The number of rotatable bonds is 5. The van der Waals surface area contributed by atoms with Crippen molar-refractivity contribution in [2.75, 3.05) is 17.2 Å². The monoisotopic (exact) mass is 336 g/mol. The summed E-state index contributed by atoms with van der Waals surface area (Å²) in [4.78, 5) is 12.1. The number of para-hydroxylation sites is 1. The zero-order valence-electron chi connectivity index (χ0n) is 12.5. The molecule has 0 aliphatic heterocycles. The fraction of sp³-hybridized carbons (Fsp3) is 0.235. The zero-order valence-corrected chi connectivity index (χ0v) is 14.0. The molecule has 0 fully saturated rings. The lowest BCUT2D eigenvalue weighted by molar-refractivity contribution is -0.114. The smallest absolute Gasteiger partial charge is 0.243 e. The van der Waals surface area contributed by atoms with Gasteiger partial charge >= 0.3 is 0 Å². The van der Waals surface area contributed by atoms with Crippen molar-refractivity contribution in [3.05, 3.63) is 58.1 Å². The van der Waals surface area contributed by atoms with Gasteiger partial charge in [0.15, 0.2) is 0 Å². The van der Waals surface area contributed by atoms with E-state index in [4.69, 9.17) is 23.2 Å². The maximum Gasteiger partial charge on any atom is 0.243 e. The number of amides is 1. The van der Waals surface area contributed by atoms with Gasteiger partial charge in [0.25, 0.3) is 0 Å². The van der Waals surface area contributed by atoms with Gasteiger partial charge in [-0.05, 0) is 35.7 Å². The van der Waals surface area contributed by atoms with Crippen LogP contribution in [0, 0.1) is 0 Å². The molecule has 0 bridgehead atoms. The molecule has 0 aliphatic rings. The quantitative estimate of drug-likeness (QED) is 0.790. The zero-order chi connectivity index (χ0) is 16.1. The van der Waals surface area contributed by atoms with Gasteiger partial charge in [-0.3, -0.25) is 4.79 Å². The van der Waals surface area contributed by atoms with Crippen molar-refractivity contribution in [1.82, 2.24) is 0 Å². The molecular formula is C17H18Cl2N2O. The van der Waals surface area contributed by atoms with Crippen LogP contribution in [0.25, 0.3) is 0 Å². The Hall–Kier alpha value is -1.71. The highest BCUT2D eigenvalue weighted by Crippen LogP contribution is 2.25. The highest BCUT2D eigenvalue weighted by Gasteiger charge is 2.09. The first-order valence-electron chi connectivity index (χ1n) is 7.05. The first-order valence-corrected chi connectivity index (χ1v) is 7.80. The van der Waals surface area contributed by atoms with Gasteiger partial charge in [-0.15, -0.1) is 0 Å². The summed E-state index contributed by atoms with van der Waals surface area (Å²) in [6.45, 7) is 4.35. The molecule has 3 nitrogen and oxygen atoms in total. The van der Waals surface area contributed by atoms with Crippen LogP contribution in [0.4, 0.5) is 11.4 Å². The minimum absolute atomic E-state index is 0.112. The van der Waals surface area contributed by atoms with E-state index in [2.05, 4.69) is 24.5 Å². The number of hydrogen-bond donors (Lipinski definition) is 2. The third kappa shape index (κ3) is 4.39. The standard InChI is InChI=1S/C17H18Cl2N2O/c1-11(2)13-5-3-4-6-16(13)21-17(22)10-20-12-7-8-14(18)15(19)9-12/h3-9,11,20H,10H2,1-2H3,(H,21,22). The molecule has 116 valence electrons. The van der Waals surface area contributed by atoms with Crippen molar-refractivity contribution >= 4 is 40.5 Å². The second kappa shape index (κ2) is 7.52. The van der Waals surface area contributed by atoms with Crippen LogP contribution in [0.2, 0.25) is 10.0 Å². The minimum atomic E-state index is -0.112.